The van der Waals surface area contributed by atoms with Gasteiger partial charge >= 0.3 is 0 Å². The zero-order valence-corrected chi connectivity index (χ0v) is 10.9. The number of rotatable bonds is 7. The molecule has 0 radical (unpaired) electrons. The SMILES string of the molecule is CCC(C)C(=O)NCCCC[n+]1ccccc1. The van der Waals surface area contributed by atoms with Crippen molar-refractivity contribution in [2.75, 3.05) is 6.54 Å². The molecule has 17 heavy (non-hydrogen) atoms. The van der Waals surface area contributed by atoms with Crippen LogP contribution in [-0.2, 0) is 11.3 Å². The summed E-state index contributed by atoms with van der Waals surface area (Å²) in [6.07, 6.45) is 7.17. The summed E-state index contributed by atoms with van der Waals surface area (Å²) in [5.74, 6) is 0.318. The molecule has 1 amide bonds. The van der Waals surface area contributed by atoms with Gasteiger partial charge in [0.15, 0.2) is 12.4 Å². The summed E-state index contributed by atoms with van der Waals surface area (Å²) in [7, 11) is 0. The summed E-state index contributed by atoms with van der Waals surface area (Å²) in [5, 5.41) is 2.97. The Morgan fingerprint density at radius 3 is 2.59 bits per heavy atom. The van der Waals surface area contributed by atoms with Crippen molar-refractivity contribution in [3.63, 3.8) is 0 Å². The first-order valence-electron chi connectivity index (χ1n) is 6.46. The Bertz CT molecular complexity index is 324. The third kappa shape index (κ3) is 5.48. The average molecular weight is 235 g/mol. The van der Waals surface area contributed by atoms with Crippen molar-refractivity contribution in [3.05, 3.63) is 30.6 Å². The minimum absolute atomic E-state index is 0.137. The fraction of sp³-hybridized carbons (Fsp3) is 0.571. The standard InChI is InChI=1S/C14H22N2O/c1-3-13(2)14(17)15-9-5-8-12-16-10-6-4-7-11-16/h4,6-7,10-11,13H,3,5,8-9,12H2,1-2H3/p+1. The van der Waals surface area contributed by atoms with E-state index in [1.165, 1.54) is 0 Å². The molecule has 0 spiro atoms. The lowest BCUT2D eigenvalue weighted by molar-refractivity contribution is -0.697. The Hall–Kier alpha value is -1.38. The van der Waals surface area contributed by atoms with Gasteiger partial charge in [0.2, 0.25) is 5.91 Å². The Balaban J connectivity index is 2.07. The number of nitrogens with one attached hydrogen (secondary N) is 1. The molecule has 1 aromatic heterocycles. The highest BCUT2D eigenvalue weighted by molar-refractivity contribution is 5.78. The van der Waals surface area contributed by atoms with E-state index in [-0.39, 0.29) is 11.8 Å². The number of hydrogen-bond acceptors (Lipinski definition) is 1. The molecule has 0 aliphatic rings. The molecule has 0 aromatic carbocycles. The van der Waals surface area contributed by atoms with Crippen LogP contribution in [0.2, 0.25) is 0 Å². The Kier molecular flexibility index (Phi) is 6.30. The van der Waals surface area contributed by atoms with E-state index in [9.17, 15) is 4.79 Å². The van der Waals surface area contributed by atoms with Gasteiger partial charge in [-0.25, -0.2) is 4.57 Å². The van der Waals surface area contributed by atoms with E-state index < -0.39 is 0 Å². The van der Waals surface area contributed by atoms with E-state index in [1.807, 2.05) is 32.0 Å². The van der Waals surface area contributed by atoms with Gasteiger partial charge in [-0.15, -0.1) is 0 Å². The monoisotopic (exact) mass is 235 g/mol. The van der Waals surface area contributed by atoms with Crippen molar-refractivity contribution < 1.29 is 9.36 Å². The molecule has 1 rings (SSSR count). The van der Waals surface area contributed by atoms with E-state index in [0.29, 0.717) is 0 Å². The van der Waals surface area contributed by atoms with Gasteiger partial charge in [0.1, 0.15) is 6.54 Å². The first kappa shape index (κ1) is 13.7. The molecule has 0 aliphatic heterocycles. The molecule has 94 valence electrons. The summed E-state index contributed by atoms with van der Waals surface area (Å²) >= 11 is 0. The summed E-state index contributed by atoms with van der Waals surface area (Å²) in [5.41, 5.74) is 0. The molecule has 1 aromatic rings. The highest BCUT2D eigenvalue weighted by Gasteiger charge is 2.08. The molecule has 0 aliphatic carbocycles. The maximum atomic E-state index is 11.5. The van der Waals surface area contributed by atoms with E-state index in [2.05, 4.69) is 22.3 Å². The fourth-order valence-electron chi connectivity index (χ4n) is 1.57. The predicted octanol–water partition coefficient (Wildman–Crippen LogP) is 1.92. The third-order valence-electron chi connectivity index (χ3n) is 2.98. The summed E-state index contributed by atoms with van der Waals surface area (Å²) < 4.78 is 2.16. The lowest BCUT2D eigenvalue weighted by Crippen LogP contribution is -2.33. The number of amides is 1. The van der Waals surface area contributed by atoms with Crippen molar-refractivity contribution in [3.8, 4) is 0 Å². The number of carbonyl (C=O) groups excluding carboxylic acids is 1. The Morgan fingerprint density at radius 2 is 1.94 bits per heavy atom. The van der Waals surface area contributed by atoms with Crippen LogP contribution in [0.3, 0.4) is 0 Å². The highest BCUT2D eigenvalue weighted by atomic mass is 16.1. The van der Waals surface area contributed by atoms with E-state index >= 15 is 0 Å². The van der Waals surface area contributed by atoms with E-state index in [1.54, 1.807) is 0 Å². The molecule has 0 bridgehead atoms. The quantitative estimate of drug-likeness (QED) is 0.568. The number of pyridine rings is 1. The van der Waals surface area contributed by atoms with E-state index in [4.69, 9.17) is 0 Å². The van der Waals surface area contributed by atoms with Crippen molar-refractivity contribution >= 4 is 5.91 Å². The largest absolute Gasteiger partial charge is 0.356 e. The summed E-state index contributed by atoms with van der Waals surface area (Å²) in [6.45, 7) is 5.81. The van der Waals surface area contributed by atoms with Crippen LogP contribution in [0.4, 0.5) is 0 Å². The van der Waals surface area contributed by atoms with Gasteiger partial charge in [-0.1, -0.05) is 19.9 Å². The topological polar surface area (TPSA) is 33.0 Å². The highest BCUT2D eigenvalue weighted by Crippen LogP contribution is 1.99. The summed E-state index contributed by atoms with van der Waals surface area (Å²) in [6, 6.07) is 6.08. The van der Waals surface area contributed by atoms with Crippen LogP contribution in [0.15, 0.2) is 30.6 Å². The molecular formula is C14H23N2O+. The molecule has 3 nitrogen and oxygen atoms in total. The maximum Gasteiger partial charge on any atom is 0.222 e. The first-order chi connectivity index (χ1) is 8.24. The van der Waals surface area contributed by atoms with Crippen molar-refractivity contribution in [2.24, 2.45) is 5.92 Å². The van der Waals surface area contributed by atoms with E-state index in [0.717, 1.165) is 32.4 Å². The van der Waals surface area contributed by atoms with Gasteiger partial charge in [-0.3, -0.25) is 4.79 Å². The third-order valence-corrected chi connectivity index (χ3v) is 2.98. The fourth-order valence-corrected chi connectivity index (χ4v) is 1.57. The van der Waals surface area contributed by atoms with Gasteiger partial charge in [0.25, 0.3) is 0 Å². The number of aromatic nitrogens is 1. The van der Waals surface area contributed by atoms with Gasteiger partial charge in [-0.2, -0.15) is 0 Å². The zero-order chi connectivity index (χ0) is 12.5. The molecular weight excluding hydrogens is 212 g/mol. The van der Waals surface area contributed by atoms with Gasteiger partial charge in [0, 0.05) is 31.0 Å². The number of nitrogens with zero attached hydrogens (tertiary/aromatic N) is 1. The Morgan fingerprint density at radius 1 is 1.24 bits per heavy atom. The zero-order valence-electron chi connectivity index (χ0n) is 10.9. The normalized spacial score (nSPS) is 12.1. The number of aryl methyl sites for hydroxylation is 1. The second-order valence-electron chi connectivity index (χ2n) is 4.42. The van der Waals surface area contributed by atoms with Crippen LogP contribution in [0.1, 0.15) is 33.1 Å². The molecule has 0 saturated carbocycles. The Labute approximate surface area is 104 Å². The molecule has 1 unspecified atom stereocenters. The van der Waals surface area contributed by atoms with Crippen molar-refractivity contribution in [1.82, 2.24) is 5.32 Å². The van der Waals surface area contributed by atoms with Crippen molar-refractivity contribution in [2.45, 2.75) is 39.7 Å². The lowest BCUT2D eigenvalue weighted by atomic mass is 10.1. The molecule has 3 heteroatoms. The van der Waals surface area contributed by atoms with Crippen LogP contribution >= 0.6 is 0 Å². The number of carbonyl (C=O) groups is 1. The maximum absolute atomic E-state index is 11.5. The molecule has 1 N–H and O–H groups in total. The van der Waals surface area contributed by atoms with Crippen LogP contribution in [0, 0.1) is 5.92 Å². The second kappa shape index (κ2) is 7.82. The van der Waals surface area contributed by atoms with Crippen LogP contribution in [-0.4, -0.2) is 12.5 Å². The van der Waals surface area contributed by atoms with Gasteiger partial charge < -0.3 is 5.32 Å². The van der Waals surface area contributed by atoms with Gasteiger partial charge in [-0.05, 0) is 12.8 Å². The number of unbranched alkanes of at least 4 members (excludes halogenated alkanes) is 1. The lowest BCUT2D eigenvalue weighted by Gasteiger charge is -2.08. The smallest absolute Gasteiger partial charge is 0.222 e. The van der Waals surface area contributed by atoms with Crippen LogP contribution in [0.5, 0.6) is 0 Å². The van der Waals surface area contributed by atoms with Gasteiger partial charge in [0.05, 0.1) is 0 Å². The molecule has 1 atom stereocenters. The summed E-state index contributed by atoms with van der Waals surface area (Å²) in [4.78, 5) is 11.5. The molecule has 0 fully saturated rings. The van der Waals surface area contributed by atoms with Crippen LogP contribution in [0.25, 0.3) is 0 Å². The minimum Gasteiger partial charge on any atom is -0.356 e. The second-order valence-corrected chi connectivity index (χ2v) is 4.42. The minimum atomic E-state index is 0.137. The first-order valence-corrected chi connectivity index (χ1v) is 6.46. The van der Waals surface area contributed by atoms with Crippen LogP contribution < -0.4 is 9.88 Å². The molecule has 1 heterocycles. The van der Waals surface area contributed by atoms with Crippen molar-refractivity contribution in [1.29, 1.82) is 0 Å². The predicted molar refractivity (Wildman–Crippen MR) is 68.3 cm³/mol. The number of hydrogen-bond donors (Lipinski definition) is 1. The molecule has 0 saturated heterocycles. The average Bonchev–Trinajstić information content (AvgIpc) is 2.38.